The van der Waals surface area contributed by atoms with Gasteiger partial charge in [-0.15, -0.1) is 0 Å². The van der Waals surface area contributed by atoms with Crippen molar-refractivity contribution in [3.8, 4) is 0 Å². The van der Waals surface area contributed by atoms with Gasteiger partial charge in [0.1, 0.15) is 10.1 Å². The summed E-state index contributed by atoms with van der Waals surface area (Å²) < 4.78 is 34.9. The monoisotopic (exact) mass is 328 g/mol. The molecular formula is C17H21NaO3S. The van der Waals surface area contributed by atoms with E-state index < -0.39 is 10.1 Å². The first-order chi connectivity index (χ1) is 10.0. The molecule has 114 valence electrons. The van der Waals surface area contributed by atoms with Crippen LogP contribution in [0.5, 0.6) is 0 Å². The van der Waals surface area contributed by atoms with Gasteiger partial charge in [-0.05, 0) is 29.2 Å². The Bertz CT molecular complexity index is 711. The van der Waals surface area contributed by atoms with Crippen LogP contribution in [0.25, 0.3) is 10.8 Å². The first kappa shape index (κ1) is 19.7. The summed E-state index contributed by atoms with van der Waals surface area (Å²) in [5.74, 6) is 0. The quantitative estimate of drug-likeness (QED) is 0.437. The van der Waals surface area contributed by atoms with E-state index in [2.05, 4.69) is 6.92 Å². The molecule has 0 unspecified atom stereocenters. The van der Waals surface area contributed by atoms with Crippen molar-refractivity contribution in [2.24, 2.45) is 0 Å². The number of rotatable bonds is 7. The second kappa shape index (κ2) is 9.04. The van der Waals surface area contributed by atoms with Gasteiger partial charge in [0.2, 0.25) is 0 Å². The molecular weight excluding hydrogens is 307 g/mol. The molecule has 0 N–H and O–H groups in total. The second-order valence-corrected chi connectivity index (χ2v) is 6.71. The largest absolute Gasteiger partial charge is 1.00 e. The molecule has 0 atom stereocenters. The molecule has 0 amide bonds. The van der Waals surface area contributed by atoms with Crippen LogP contribution in [0.15, 0.2) is 41.3 Å². The molecule has 0 aromatic heterocycles. The summed E-state index contributed by atoms with van der Waals surface area (Å²) in [6, 6.07) is 10.8. The molecule has 0 aliphatic heterocycles. The maximum Gasteiger partial charge on any atom is 1.00 e. The summed E-state index contributed by atoms with van der Waals surface area (Å²) in [5.41, 5.74) is 0.653. The molecule has 3 nitrogen and oxygen atoms in total. The molecule has 0 saturated carbocycles. The molecule has 0 spiro atoms. The van der Waals surface area contributed by atoms with Crippen molar-refractivity contribution < 1.29 is 42.5 Å². The van der Waals surface area contributed by atoms with Gasteiger partial charge in [-0.1, -0.05) is 69.0 Å². The van der Waals surface area contributed by atoms with Crippen LogP contribution >= 0.6 is 0 Å². The van der Waals surface area contributed by atoms with Gasteiger partial charge >= 0.3 is 29.6 Å². The SMILES string of the molecule is CCCCCCCc1ccc2ccccc2c1S(=O)(=O)[O-].[Na+]. The van der Waals surface area contributed by atoms with Crippen molar-refractivity contribution in [2.75, 3.05) is 0 Å². The van der Waals surface area contributed by atoms with Gasteiger partial charge in [0.15, 0.2) is 0 Å². The summed E-state index contributed by atoms with van der Waals surface area (Å²) >= 11 is 0. The van der Waals surface area contributed by atoms with Gasteiger partial charge in [0.05, 0.1) is 4.90 Å². The molecule has 2 aromatic rings. The van der Waals surface area contributed by atoms with Crippen LogP contribution < -0.4 is 29.6 Å². The summed E-state index contributed by atoms with van der Waals surface area (Å²) in [7, 11) is -4.46. The van der Waals surface area contributed by atoms with Crippen molar-refractivity contribution >= 4 is 20.9 Å². The zero-order valence-corrected chi connectivity index (χ0v) is 16.2. The number of unbranched alkanes of at least 4 members (excludes halogenated alkanes) is 4. The minimum atomic E-state index is -4.46. The van der Waals surface area contributed by atoms with E-state index in [1.807, 2.05) is 18.2 Å². The van der Waals surface area contributed by atoms with E-state index in [0.29, 0.717) is 17.4 Å². The molecule has 0 aliphatic rings. The second-order valence-electron chi connectivity index (χ2n) is 5.39. The summed E-state index contributed by atoms with van der Waals surface area (Å²) in [4.78, 5) is -0.0314. The molecule has 2 rings (SSSR count). The van der Waals surface area contributed by atoms with Crippen molar-refractivity contribution in [1.82, 2.24) is 0 Å². The fraction of sp³-hybridized carbons (Fsp3) is 0.412. The number of hydrogen-bond donors (Lipinski definition) is 0. The van der Waals surface area contributed by atoms with Crippen molar-refractivity contribution in [2.45, 2.75) is 50.3 Å². The number of benzene rings is 2. The number of hydrogen-bond acceptors (Lipinski definition) is 3. The third-order valence-corrected chi connectivity index (χ3v) is 4.74. The average molecular weight is 328 g/mol. The Balaban J connectivity index is 0.00000242. The van der Waals surface area contributed by atoms with Crippen LogP contribution in [0.1, 0.15) is 44.6 Å². The van der Waals surface area contributed by atoms with Crippen LogP contribution in [0.3, 0.4) is 0 Å². The van der Waals surface area contributed by atoms with E-state index in [1.165, 1.54) is 12.8 Å². The predicted molar refractivity (Wildman–Crippen MR) is 84.4 cm³/mol. The van der Waals surface area contributed by atoms with E-state index in [0.717, 1.165) is 24.6 Å². The normalized spacial score (nSPS) is 11.4. The number of fused-ring (bicyclic) bond motifs is 1. The van der Waals surface area contributed by atoms with Crippen molar-refractivity contribution in [3.05, 3.63) is 42.0 Å². The molecule has 0 aliphatic carbocycles. The molecule has 0 heterocycles. The minimum absolute atomic E-state index is 0. The van der Waals surface area contributed by atoms with Crippen LogP contribution in [0.2, 0.25) is 0 Å². The molecule has 0 bridgehead atoms. The zero-order chi connectivity index (χ0) is 15.3. The van der Waals surface area contributed by atoms with E-state index in [9.17, 15) is 13.0 Å². The van der Waals surface area contributed by atoms with Gasteiger partial charge in [0, 0.05) is 0 Å². The molecule has 0 fully saturated rings. The molecule has 2 aromatic carbocycles. The maximum absolute atomic E-state index is 11.6. The first-order valence-electron chi connectivity index (χ1n) is 7.50. The average Bonchev–Trinajstić information content (AvgIpc) is 2.45. The summed E-state index contributed by atoms with van der Waals surface area (Å²) in [5, 5.41) is 1.33. The van der Waals surface area contributed by atoms with Gasteiger partial charge in [0.25, 0.3) is 0 Å². The predicted octanol–water partition coefficient (Wildman–Crippen LogP) is 1.26. The minimum Gasteiger partial charge on any atom is -0.744 e. The van der Waals surface area contributed by atoms with Gasteiger partial charge in [-0.2, -0.15) is 0 Å². The Morgan fingerprint density at radius 3 is 2.32 bits per heavy atom. The molecule has 0 radical (unpaired) electrons. The maximum atomic E-state index is 11.6. The third-order valence-electron chi connectivity index (χ3n) is 3.76. The van der Waals surface area contributed by atoms with Gasteiger partial charge in [-0.3, -0.25) is 0 Å². The Labute approximate surface area is 155 Å². The van der Waals surface area contributed by atoms with Crippen LogP contribution in [0.4, 0.5) is 0 Å². The van der Waals surface area contributed by atoms with E-state index in [1.54, 1.807) is 18.2 Å². The molecule has 22 heavy (non-hydrogen) atoms. The van der Waals surface area contributed by atoms with Crippen molar-refractivity contribution in [1.29, 1.82) is 0 Å². The number of aryl methyl sites for hydroxylation is 1. The van der Waals surface area contributed by atoms with Crippen LogP contribution in [-0.4, -0.2) is 13.0 Å². The van der Waals surface area contributed by atoms with E-state index in [-0.39, 0.29) is 34.5 Å². The Morgan fingerprint density at radius 1 is 0.955 bits per heavy atom. The topological polar surface area (TPSA) is 57.2 Å². The van der Waals surface area contributed by atoms with Crippen LogP contribution in [-0.2, 0) is 16.5 Å². The van der Waals surface area contributed by atoms with Gasteiger partial charge in [-0.25, -0.2) is 8.42 Å². The Morgan fingerprint density at radius 2 is 1.64 bits per heavy atom. The standard InChI is InChI=1S/C17H22O3S.Na/c1-2-3-4-5-6-10-15-13-12-14-9-7-8-11-16(14)17(15)21(18,19)20;/h7-9,11-13H,2-6,10H2,1H3,(H,18,19,20);/q;+1/p-1. The smallest absolute Gasteiger partial charge is 0.744 e. The van der Waals surface area contributed by atoms with E-state index >= 15 is 0 Å². The molecule has 5 heteroatoms. The first-order valence-corrected chi connectivity index (χ1v) is 8.91. The van der Waals surface area contributed by atoms with Gasteiger partial charge < -0.3 is 4.55 Å². The summed E-state index contributed by atoms with van der Waals surface area (Å²) in [6.45, 7) is 2.16. The third kappa shape index (κ3) is 5.07. The molecule has 0 saturated heterocycles. The van der Waals surface area contributed by atoms with E-state index in [4.69, 9.17) is 0 Å². The summed E-state index contributed by atoms with van der Waals surface area (Å²) in [6.07, 6.45) is 6.16. The fourth-order valence-corrected chi connectivity index (χ4v) is 3.65. The fourth-order valence-electron chi connectivity index (χ4n) is 2.70. The Hall–Kier alpha value is -0.390. The zero-order valence-electron chi connectivity index (χ0n) is 13.3. The van der Waals surface area contributed by atoms with Crippen molar-refractivity contribution in [3.63, 3.8) is 0 Å². The Kier molecular flexibility index (Phi) is 8.08. The van der Waals surface area contributed by atoms with Crippen LogP contribution in [0, 0.1) is 0 Å².